The molecule has 0 aromatic heterocycles. The van der Waals surface area contributed by atoms with E-state index < -0.39 is 47.6 Å². The summed E-state index contributed by atoms with van der Waals surface area (Å²) in [5, 5.41) is 0.449. The number of ether oxygens (including phenoxy) is 4. The summed E-state index contributed by atoms with van der Waals surface area (Å²) in [7, 11) is 3.14. The molecule has 0 aliphatic carbocycles. The van der Waals surface area contributed by atoms with E-state index in [9.17, 15) is 28.8 Å². The minimum atomic E-state index is -0.869. The number of Topliss-reactive ketones (excluding diaryl/α,β-unsaturated/α-hetero) is 1. The number of hydroxylamine groups is 2. The number of aryl methyl sites for hydroxylation is 4. The monoisotopic (exact) mass is 798 g/mol. The molecule has 0 saturated carbocycles. The molecular weight excluding hydrogens is 744 g/mol. The Kier molecular flexibility index (Phi) is 15.1. The van der Waals surface area contributed by atoms with Crippen molar-refractivity contribution in [3.8, 4) is 17.2 Å². The first-order valence-corrected chi connectivity index (χ1v) is 19.9. The van der Waals surface area contributed by atoms with Gasteiger partial charge < -0.3 is 28.7 Å². The van der Waals surface area contributed by atoms with Crippen molar-refractivity contribution in [2.75, 3.05) is 27.4 Å². The van der Waals surface area contributed by atoms with Crippen molar-refractivity contribution in [3.05, 3.63) is 88.0 Å². The minimum absolute atomic E-state index is 0.0246. The lowest BCUT2D eigenvalue weighted by Crippen LogP contribution is -2.50. The number of rotatable bonds is 18. The summed E-state index contributed by atoms with van der Waals surface area (Å²) in [6.07, 6.45) is 2.29. The minimum Gasteiger partial charge on any atom is -0.493 e. The van der Waals surface area contributed by atoms with E-state index in [1.807, 2.05) is 32.0 Å². The van der Waals surface area contributed by atoms with Crippen LogP contribution in [0.3, 0.4) is 0 Å². The molecule has 2 aliphatic heterocycles. The number of ketones is 1. The summed E-state index contributed by atoms with van der Waals surface area (Å²) in [5.41, 5.74) is 5.71. The molecule has 310 valence electrons. The molecule has 5 rings (SSSR count). The summed E-state index contributed by atoms with van der Waals surface area (Å²) < 4.78 is 23.3. The number of nitrogens with zero attached hydrogens (tertiary/aromatic N) is 2. The molecule has 3 atom stereocenters. The highest BCUT2D eigenvalue weighted by atomic mass is 16.7. The molecule has 0 spiro atoms. The molecule has 2 heterocycles. The molecule has 13 nitrogen and oxygen atoms in total. The van der Waals surface area contributed by atoms with Gasteiger partial charge in [-0.25, -0.2) is 9.59 Å². The maximum atomic E-state index is 14.3. The fourth-order valence-corrected chi connectivity index (χ4v) is 7.43. The number of amides is 3. The molecule has 0 bridgehead atoms. The van der Waals surface area contributed by atoms with Crippen molar-refractivity contribution >= 4 is 35.4 Å². The molecule has 0 N–H and O–H groups in total. The van der Waals surface area contributed by atoms with Gasteiger partial charge in [0.2, 0.25) is 5.91 Å². The molecule has 2 saturated heterocycles. The highest BCUT2D eigenvalue weighted by Crippen LogP contribution is 2.37. The molecule has 13 heteroatoms. The summed E-state index contributed by atoms with van der Waals surface area (Å²) in [5.74, 6) is -2.08. The molecule has 2 aliphatic rings. The van der Waals surface area contributed by atoms with Crippen LogP contribution in [-0.4, -0.2) is 78.8 Å². The maximum absolute atomic E-state index is 14.3. The Bertz CT molecular complexity index is 1990. The lowest BCUT2D eigenvalue weighted by Gasteiger charge is -2.37. The fourth-order valence-electron chi connectivity index (χ4n) is 7.43. The predicted octanol–water partition coefficient (Wildman–Crippen LogP) is 6.76. The van der Waals surface area contributed by atoms with Crippen LogP contribution in [0.1, 0.15) is 110 Å². The second-order valence-electron chi connectivity index (χ2n) is 14.9. The molecule has 0 radical (unpaired) electrons. The largest absolute Gasteiger partial charge is 0.493 e. The highest BCUT2D eigenvalue weighted by Gasteiger charge is 2.38. The van der Waals surface area contributed by atoms with E-state index in [2.05, 4.69) is 32.0 Å². The third kappa shape index (κ3) is 10.8. The molecule has 58 heavy (non-hydrogen) atoms. The van der Waals surface area contributed by atoms with Crippen molar-refractivity contribution in [3.63, 3.8) is 0 Å². The number of likely N-dealkylation sites (tertiary alicyclic amines) is 1. The maximum Gasteiger partial charge on any atom is 0.333 e. The zero-order chi connectivity index (χ0) is 41.9. The van der Waals surface area contributed by atoms with E-state index in [1.54, 1.807) is 37.3 Å². The Morgan fingerprint density at radius 2 is 1.59 bits per heavy atom. The van der Waals surface area contributed by atoms with Gasteiger partial charge in [0, 0.05) is 25.8 Å². The van der Waals surface area contributed by atoms with Crippen LogP contribution in [0, 0.1) is 20.8 Å². The van der Waals surface area contributed by atoms with Crippen molar-refractivity contribution in [1.82, 2.24) is 9.96 Å². The second kappa shape index (κ2) is 20.1. The molecule has 3 aromatic rings. The molecule has 0 unspecified atom stereocenters. The number of carbonyl (C=O) groups excluding carboxylic acids is 6. The van der Waals surface area contributed by atoms with Crippen LogP contribution >= 0.6 is 0 Å². The van der Waals surface area contributed by atoms with Crippen LogP contribution < -0.4 is 14.2 Å². The highest BCUT2D eigenvalue weighted by molar-refractivity contribution is 6.01. The Morgan fingerprint density at radius 3 is 2.28 bits per heavy atom. The average Bonchev–Trinajstić information content (AvgIpc) is 3.54. The van der Waals surface area contributed by atoms with Gasteiger partial charge >= 0.3 is 11.9 Å². The van der Waals surface area contributed by atoms with Crippen molar-refractivity contribution in [2.24, 2.45) is 0 Å². The zero-order valence-electron chi connectivity index (χ0n) is 34.3. The standard InChI is InChI=1S/C45H54N2O11/c1-7-36(33-24-30(4)43(55-6)39(26-33)54-5)44(52)46-22-9-8-13-37(46)45(53)57-38(18-16-31-15-14-28(2)29(3)23-31)32-11-10-12-35(25-32)56-27-34(48)17-21-42(51)58-47-40(49)19-20-41(47)50/h10-12,14-15,23-26,36-38H,7-9,13,16-22,27H2,1-6H3/t36-,37-,38+/m0/s1. The van der Waals surface area contributed by atoms with E-state index >= 15 is 0 Å². The summed E-state index contributed by atoms with van der Waals surface area (Å²) in [6.45, 7) is 8.05. The van der Waals surface area contributed by atoms with Crippen molar-refractivity contribution in [2.45, 2.75) is 110 Å². The lowest BCUT2D eigenvalue weighted by atomic mass is 9.91. The van der Waals surface area contributed by atoms with E-state index in [0.29, 0.717) is 60.1 Å². The molecule has 3 aromatic carbocycles. The smallest absolute Gasteiger partial charge is 0.333 e. The van der Waals surface area contributed by atoms with Gasteiger partial charge in [-0.15, -0.1) is 5.06 Å². The van der Waals surface area contributed by atoms with Crippen molar-refractivity contribution < 1.29 is 52.6 Å². The summed E-state index contributed by atoms with van der Waals surface area (Å²) in [6, 6.07) is 16.2. The van der Waals surface area contributed by atoms with Gasteiger partial charge in [-0.3, -0.25) is 19.2 Å². The zero-order valence-corrected chi connectivity index (χ0v) is 34.3. The normalized spacial score (nSPS) is 16.4. The molecule has 3 amide bonds. The Morgan fingerprint density at radius 1 is 0.828 bits per heavy atom. The van der Waals surface area contributed by atoms with Crippen LogP contribution in [0.15, 0.2) is 54.6 Å². The number of hydrogen-bond acceptors (Lipinski definition) is 11. The number of methoxy groups -OCH3 is 2. The van der Waals surface area contributed by atoms with Gasteiger partial charge in [0.1, 0.15) is 24.5 Å². The van der Waals surface area contributed by atoms with Crippen LogP contribution in [0.2, 0.25) is 0 Å². The quantitative estimate of drug-likeness (QED) is 0.0991. The van der Waals surface area contributed by atoms with Crippen LogP contribution in [0.25, 0.3) is 0 Å². The first-order valence-electron chi connectivity index (χ1n) is 19.9. The SMILES string of the molecule is CC[C@H](C(=O)N1CCCC[C@H]1C(=O)O[C@H](CCc1ccc(C)c(C)c1)c1cccc(OCC(=O)CCC(=O)ON2C(=O)CCC2=O)c1)c1cc(C)c(OC)c(OC)c1. The first-order chi connectivity index (χ1) is 27.8. The second-order valence-corrected chi connectivity index (χ2v) is 14.9. The Labute approximate surface area is 339 Å². The lowest BCUT2D eigenvalue weighted by molar-refractivity contribution is -0.197. The van der Waals surface area contributed by atoms with E-state index in [-0.39, 0.29) is 38.2 Å². The van der Waals surface area contributed by atoms with E-state index in [0.717, 1.165) is 35.1 Å². The summed E-state index contributed by atoms with van der Waals surface area (Å²) in [4.78, 5) is 83.4. The number of piperidine rings is 1. The number of carbonyl (C=O) groups is 6. The van der Waals surface area contributed by atoms with Gasteiger partial charge in [-0.2, -0.15) is 0 Å². The van der Waals surface area contributed by atoms with Crippen LogP contribution in [0.4, 0.5) is 0 Å². The predicted molar refractivity (Wildman–Crippen MR) is 213 cm³/mol. The Balaban J connectivity index is 1.30. The first kappa shape index (κ1) is 43.4. The van der Waals surface area contributed by atoms with Crippen LogP contribution in [0.5, 0.6) is 17.2 Å². The number of esters is 1. The number of benzene rings is 3. The van der Waals surface area contributed by atoms with Gasteiger partial charge in [-0.05, 0) is 111 Å². The summed E-state index contributed by atoms with van der Waals surface area (Å²) >= 11 is 0. The molecule has 2 fully saturated rings. The molecular formula is C45H54N2O11. The average molecular weight is 799 g/mol. The Hall–Kier alpha value is -5.72. The fraction of sp³-hybridized carbons (Fsp3) is 0.467. The third-order valence-electron chi connectivity index (χ3n) is 10.8. The van der Waals surface area contributed by atoms with Gasteiger partial charge in [0.05, 0.1) is 26.6 Å². The van der Waals surface area contributed by atoms with Gasteiger partial charge in [-0.1, -0.05) is 43.3 Å². The van der Waals surface area contributed by atoms with Crippen LogP contribution in [-0.2, 0) is 44.8 Å². The third-order valence-corrected chi connectivity index (χ3v) is 10.8. The van der Waals surface area contributed by atoms with E-state index in [4.69, 9.17) is 23.8 Å². The topological polar surface area (TPSA) is 155 Å². The van der Waals surface area contributed by atoms with Crippen molar-refractivity contribution in [1.29, 1.82) is 0 Å². The van der Waals surface area contributed by atoms with E-state index in [1.165, 1.54) is 5.56 Å². The number of hydrogen-bond donors (Lipinski definition) is 0. The number of imide groups is 1. The van der Waals surface area contributed by atoms with Gasteiger partial charge in [0.15, 0.2) is 17.3 Å². The van der Waals surface area contributed by atoms with Gasteiger partial charge in [0.25, 0.3) is 11.8 Å².